The number of nitrogens with one attached hydrogen (secondary N) is 1. The van der Waals surface area contributed by atoms with Gasteiger partial charge in [0, 0.05) is 29.6 Å². The predicted molar refractivity (Wildman–Crippen MR) is 127 cm³/mol. The van der Waals surface area contributed by atoms with Crippen molar-refractivity contribution in [2.24, 2.45) is 5.92 Å². The average molecular weight is 433 g/mol. The SMILES string of the molecule is Cc1ccc(Sc2ccc(N3CCC(C(=O)Nc4cc(C)cc(C)c4)CC3)nn2)cc1. The predicted octanol–water partition coefficient (Wildman–Crippen LogP) is 5.41. The van der Waals surface area contributed by atoms with Crippen LogP contribution in [0.4, 0.5) is 11.5 Å². The van der Waals surface area contributed by atoms with Crippen LogP contribution in [0.3, 0.4) is 0 Å². The molecule has 6 heteroatoms. The van der Waals surface area contributed by atoms with Gasteiger partial charge in [0.15, 0.2) is 5.82 Å². The smallest absolute Gasteiger partial charge is 0.227 e. The van der Waals surface area contributed by atoms with E-state index >= 15 is 0 Å². The van der Waals surface area contributed by atoms with Crippen molar-refractivity contribution in [1.82, 2.24) is 10.2 Å². The van der Waals surface area contributed by atoms with Crippen molar-refractivity contribution in [3.63, 3.8) is 0 Å². The molecule has 160 valence electrons. The highest BCUT2D eigenvalue weighted by Crippen LogP contribution is 2.28. The van der Waals surface area contributed by atoms with Gasteiger partial charge in [-0.2, -0.15) is 0 Å². The highest BCUT2D eigenvalue weighted by atomic mass is 32.2. The molecule has 0 radical (unpaired) electrons. The number of rotatable bonds is 5. The third kappa shape index (κ3) is 5.64. The number of nitrogens with zero attached hydrogens (tertiary/aromatic N) is 3. The molecule has 1 N–H and O–H groups in total. The number of aryl methyl sites for hydroxylation is 3. The molecule has 3 aromatic rings. The van der Waals surface area contributed by atoms with Gasteiger partial charge >= 0.3 is 0 Å². The van der Waals surface area contributed by atoms with E-state index < -0.39 is 0 Å². The number of carbonyl (C=O) groups is 1. The summed E-state index contributed by atoms with van der Waals surface area (Å²) >= 11 is 1.61. The molecule has 0 bridgehead atoms. The molecule has 5 nitrogen and oxygen atoms in total. The quantitative estimate of drug-likeness (QED) is 0.584. The molecule has 0 spiro atoms. The van der Waals surface area contributed by atoms with Crippen molar-refractivity contribution in [1.29, 1.82) is 0 Å². The molecule has 0 unspecified atom stereocenters. The maximum atomic E-state index is 12.7. The minimum absolute atomic E-state index is 0.0291. The standard InChI is InChI=1S/C25H28N4OS/c1-17-4-6-22(7-5-17)31-24-9-8-23(27-28-24)29-12-10-20(11-13-29)25(30)26-21-15-18(2)14-19(3)16-21/h4-9,14-16,20H,10-13H2,1-3H3,(H,26,30). The van der Waals surface area contributed by atoms with E-state index in [0.717, 1.165) is 58.5 Å². The van der Waals surface area contributed by atoms with E-state index in [9.17, 15) is 4.79 Å². The lowest BCUT2D eigenvalue weighted by Crippen LogP contribution is -2.38. The Morgan fingerprint density at radius 3 is 2.19 bits per heavy atom. The van der Waals surface area contributed by atoms with Gasteiger partial charge in [-0.25, -0.2) is 0 Å². The number of piperidine rings is 1. The summed E-state index contributed by atoms with van der Waals surface area (Å²) in [6, 6.07) is 18.6. The summed E-state index contributed by atoms with van der Waals surface area (Å²) in [6.07, 6.45) is 1.64. The molecule has 4 rings (SSSR count). The maximum Gasteiger partial charge on any atom is 0.227 e. The van der Waals surface area contributed by atoms with Gasteiger partial charge in [-0.15, -0.1) is 10.2 Å². The second-order valence-corrected chi connectivity index (χ2v) is 9.37. The summed E-state index contributed by atoms with van der Waals surface area (Å²) in [5.41, 5.74) is 4.45. The van der Waals surface area contributed by atoms with Crippen LogP contribution in [0.25, 0.3) is 0 Å². The summed E-state index contributed by atoms with van der Waals surface area (Å²) in [6.45, 7) is 7.80. The number of anilines is 2. The first-order valence-corrected chi connectivity index (χ1v) is 11.5. The van der Waals surface area contributed by atoms with E-state index in [0.29, 0.717) is 0 Å². The molecule has 31 heavy (non-hydrogen) atoms. The summed E-state index contributed by atoms with van der Waals surface area (Å²) in [5.74, 6) is 1.02. The van der Waals surface area contributed by atoms with Crippen LogP contribution in [-0.4, -0.2) is 29.2 Å². The Kier molecular flexibility index (Phi) is 6.56. The molecule has 0 atom stereocenters. The third-order valence-corrected chi connectivity index (χ3v) is 6.48. The molecule has 0 aliphatic carbocycles. The topological polar surface area (TPSA) is 58.1 Å². The first-order valence-electron chi connectivity index (χ1n) is 10.7. The van der Waals surface area contributed by atoms with Gasteiger partial charge in [0.2, 0.25) is 5.91 Å². The number of hydrogen-bond donors (Lipinski definition) is 1. The molecular formula is C25H28N4OS. The fourth-order valence-corrected chi connectivity index (χ4v) is 4.66. The molecule has 2 aromatic carbocycles. The lowest BCUT2D eigenvalue weighted by Gasteiger charge is -2.31. The molecule has 0 saturated carbocycles. The molecular weight excluding hydrogens is 404 g/mol. The summed E-state index contributed by atoms with van der Waals surface area (Å²) in [4.78, 5) is 16.1. The Labute approximate surface area is 188 Å². The highest BCUT2D eigenvalue weighted by Gasteiger charge is 2.26. The van der Waals surface area contributed by atoms with E-state index in [-0.39, 0.29) is 11.8 Å². The van der Waals surface area contributed by atoms with Gasteiger partial charge in [0.25, 0.3) is 0 Å². The van der Waals surface area contributed by atoms with E-state index in [1.165, 1.54) is 5.56 Å². The number of carbonyl (C=O) groups excluding carboxylic acids is 1. The highest BCUT2D eigenvalue weighted by molar-refractivity contribution is 7.99. The van der Waals surface area contributed by atoms with Crippen LogP contribution >= 0.6 is 11.8 Å². The zero-order valence-electron chi connectivity index (χ0n) is 18.3. The van der Waals surface area contributed by atoms with E-state index in [4.69, 9.17) is 0 Å². The van der Waals surface area contributed by atoms with Crippen molar-refractivity contribution in [2.45, 2.75) is 43.5 Å². The lowest BCUT2D eigenvalue weighted by molar-refractivity contribution is -0.120. The Hall–Kier alpha value is -2.86. The normalized spacial score (nSPS) is 14.5. The molecule has 2 heterocycles. The summed E-state index contributed by atoms with van der Waals surface area (Å²) in [7, 11) is 0. The zero-order chi connectivity index (χ0) is 21.8. The summed E-state index contributed by atoms with van der Waals surface area (Å²) in [5, 5.41) is 12.8. The second-order valence-electron chi connectivity index (χ2n) is 8.27. The van der Waals surface area contributed by atoms with Crippen LogP contribution in [0.15, 0.2) is 64.5 Å². The van der Waals surface area contributed by atoms with Crippen LogP contribution in [-0.2, 0) is 4.79 Å². The van der Waals surface area contributed by atoms with Gasteiger partial charge in [-0.3, -0.25) is 4.79 Å². The minimum atomic E-state index is 0.0291. The first kappa shape index (κ1) is 21.4. The van der Waals surface area contributed by atoms with Crippen molar-refractivity contribution in [3.05, 3.63) is 71.3 Å². The Balaban J connectivity index is 1.31. The van der Waals surface area contributed by atoms with Crippen LogP contribution < -0.4 is 10.2 Å². The van der Waals surface area contributed by atoms with Gasteiger partial charge in [-0.1, -0.05) is 35.5 Å². The number of hydrogen-bond acceptors (Lipinski definition) is 5. The lowest BCUT2D eigenvalue weighted by atomic mass is 9.95. The molecule has 1 aliphatic heterocycles. The van der Waals surface area contributed by atoms with Crippen molar-refractivity contribution < 1.29 is 4.79 Å². The molecule has 1 aliphatic rings. The van der Waals surface area contributed by atoms with E-state index in [1.54, 1.807) is 11.8 Å². The molecule has 1 amide bonds. The van der Waals surface area contributed by atoms with Crippen LogP contribution in [0.5, 0.6) is 0 Å². The minimum Gasteiger partial charge on any atom is -0.355 e. The second kappa shape index (κ2) is 9.52. The van der Waals surface area contributed by atoms with Gasteiger partial charge in [0.05, 0.1) is 0 Å². The van der Waals surface area contributed by atoms with Crippen molar-refractivity contribution >= 4 is 29.2 Å². The van der Waals surface area contributed by atoms with Crippen molar-refractivity contribution in [3.8, 4) is 0 Å². The van der Waals surface area contributed by atoms with E-state index in [1.807, 2.05) is 38.1 Å². The molecule has 1 fully saturated rings. The monoisotopic (exact) mass is 432 g/mol. The fraction of sp³-hybridized carbons (Fsp3) is 0.320. The fourth-order valence-electron chi connectivity index (χ4n) is 3.93. The van der Waals surface area contributed by atoms with E-state index in [2.05, 4.69) is 57.7 Å². The van der Waals surface area contributed by atoms with Crippen LogP contribution in [0.2, 0.25) is 0 Å². The van der Waals surface area contributed by atoms with Gasteiger partial charge in [-0.05, 0) is 81.1 Å². The third-order valence-electron chi connectivity index (χ3n) is 5.55. The Morgan fingerprint density at radius 2 is 1.58 bits per heavy atom. The van der Waals surface area contributed by atoms with Gasteiger partial charge < -0.3 is 10.2 Å². The Bertz CT molecular complexity index is 1020. The van der Waals surface area contributed by atoms with Crippen LogP contribution in [0, 0.1) is 26.7 Å². The zero-order valence-corrected chi connectivity index (χ0v) is 19.1. The maximum absolute atomic E-state index is 12.7. The summed E-state index contributed by atoms with van der Waals surface area (Å²) < 4.78 is 0. The molecule has 1 aromatic heterocycles. The van der Waals surface area contributed by atoms with Crippen molar-refractivity contribution in [2.75, 3.05) is 23.3 Å². The number of aromatic nitrogens is 2. The van der Waals surface area contributed by atoms with Crippen LogP contribution in [0.1, 0.15) is 29.5 Å². The number of benzene rings is 2. The average Bonchev–Trinajstić information content (AvgIpc) is 2.75. The molecule has 1 saturated heterocycles. The number of amides is 1. The largest absolute Gasteiger partial charge is 0.355 e. The Morgan fingerprint density at radius 1 is 0.903 bits per heavy atom. The first-order chi connectivity index (χ1) is 15.0. The van der Waals surface area contributed by atoms with Gasteiger partial charge in [0.1, 0.15) is 5.03 Å².